The molecule has 0 saturated carbocycles. The van der Waals surface area contributed by atoms with Gasteiger partial charge in [0.25, 0.3) is 0 Å². The summed E-state index contributed by atoms with van der Waals surface area (Å²) in [6, 6.07) is 27.6. The van der Waals surface area contributed by atoms with E-state index in [0.29, 0.717) is 0 Å². The summed E-state index contributed by atoms with van der Waals surface area (Å²) in [5.41, 5.74) is 5.11. The minimum Gasteiger partial charge on any atom is -1.00 e. The van der Waals surface area contributed by atoms with E-state index in [4.69, 9.17) is 0 Å². The van der Waals surface area contributed by atoms with Crippen LogP contribution in [-0.4, -0.2) is 0 Å². The second-order valence-corrected chi connectivity index (χ2v) is 4.12. The van der Waals surface area contributed by atoms with E-state index >= 15 is 0 Å². The van der Waals surface area contributed by atoms with E-state index in [9.17, 15) is 0 Å². The molecule has 102 valence electrons. The number of halogens is 2. The zero-order valence-corrected chi connectivity index (χ0v) is 15.9. The first kappa shape index (κ1) is 19.2. The fraction of sp³-hybridized carbons (Fsp3) is 0. The first-order valence-corrected chi connectivity index (χ1v) is 5.81. The van der Waals surface area contributed by atoms with E-state index in [1.165, 1.54) is 22.3 Å². The third-order valence-corrected chi connectivity index (χ3v) is 2.97. The molecule has 0 aliphatic heterocycles. The van der Waals surface area contributed by atoms with Gasteiger partial charge in [-0.05, 0) is 0 Å². The van der Waals surface area contributed by atoms with Gasteiger partial charge in [0.2, 0.25) is 0 Å². The Hall–Kier alpha value is -0.760. The first-order chi connectivity index (χ1) is 8.43. The van der Waals surface area contributed by atoms with Crippen LogP contribution in [0.2, 0.25) is 0 Å². The van der Waals surface area contributed by atoms with Crippen molar-refractivity contribution >= 4 is 0 Å². The fourth-order valence-corrected chi connectivity index (χ4v) is 2.06. The number of hydrogen-bond acceptors (Lipinski definition) is 0. The molecule has 0 N–H and O–H groups in total. The van der Waals surface area contributed by atoms with Crippen LogP contribution in [0.25, 0.3) is 22.3 Å². The molecular formula is C17H13Cl2Hf-3. The quantitative estimate of drug-likeness (QED) is 0.327. The normalized spacial score (nSPS) is 8.80. The molecular weight excluding hydrogens is 454 g/mol. The molecule has 0 unspecified atom stereocenters. The maximum atomic E-state index is 2.24. The Morgan fingerprint density at radius 3 is 1.65 bits per heavy atom. The zero-order chi connectivity index (χ0) is 11.5. The van der Waals surface area contributed by atoms with Gasteiger partial charge in [0.15, 0.2) is 0 Å². The topological polar surface area (TPSA) is 0 Å². The number of hydrogen-bond donors (Lipinski definition) is 0. The molecule has 0 radical (unpaired) electrons. The third-order valence-electron chi connectivity index (χ3n) is 2.97. The van der Waals surface area contributed by atoms with Crippen molar-refractivity contribution in [3.8, 4) is 22.3 Å². The first-order valence-electron chi connectivity index (χ1n) is 5.81. The van der Waals surface area contributed by atoms with Crippen LogP contribution in [-0.2, 0) is 25.8 Å². The van der Waals surface area contributed by atoms with Gasteiger partial charge < -0.3 is 24.8 Å². The summed E-state index contributed by atoms with van der Waals surface area (Å²) < 4.78 is 0. The molecule has 0 aliphatic rings. The van der Waals surface area contributed by atoms with E-state index in [1.54, 1.807) is 0 Å². The molecule has 0 heterocycles. The Balaban J connectivity index is 0.00000120. The Labute approximate surface area is 151 Å². The van der Waals surface area contributed by atoms with Crippen molar-refractivity contribution in [1.29, 1.82) is 0 Å². The Kier molecular flexibility index (Phi) is 8.88. The fourth-order valence-electron chi connectivity index (χ4n) is 2.06. The molecule has 0 nitrogen and oxygen atoms in total. The molecule has 0 fully saturated rings. The van der Waals surface area contributed by atoms with Gasteiger partial charge in [0, 0.05) is 25.8 Å². The smallest absolute Gasteiger partial charge is 0 e. The van der Waals surface area contributed by atoms with Gasteiger partial charge in [0.05, 0.1) is 0 Å². The SMILES string of the molecule is [Cl-].[Cl-].[Hf].c1ccc(-c2c[cH-]c(-c3ccccc3)c2)cc1. The van der Waals surface area contributed by atoms with E-state index < -0.39 is 0 Å². The van der Waals surface area contributed by atoms with E-state index in [0.717, 1.165) is 0 Å². The molecule has 0 aromatic heterocycles. The predicted octanol–water partition coefficient (Wildman–Crippen LogP) is -1.25. The summed E-state index contributed by atoms with van der Waals surface area (Å²) in [6.07, 6.45) is 0. The van der Waals surface area contributed by atoms with Crippen molar-refractivity contribution in [3.63, 3.8) is 0 Å². The largest absolute Gasteiger partial charge is 1.00 e. The van der Waals surface area contributed by atoms with Crippen molar-refractivity contribution in [2.75, 3.05) is 0 Å². The molecule has 0 saturated heterocycles. The van der Waals surface area contributed by atoms with Gasteiger partial charge in [-0.3, -0.25) is 0 Å². The van der Waals surface area contributed by atoms with Crippen molar-refractivity contribution < 1.29 is 50.7 Å². The van der Waals surface area contributed by atoms with Crippen LogP contribution in [0.5, 0.6) is 0 Å². The van der Waals surface area contributed by atoms with Gasteiger partial charge >= 0.3 is 0 Å². The summed E-state index contributed by atoms with van der Waals surface area (Å²) in [6.45, 7) is 0. The second kappa shape index (κ2) is 9.23. The van der Waals surface area contributed by atoms with E-state index in [-0.39, 0.29) is 50.7 Å². The third kappa shape index (κ3) is 4.37. The second-order valence-electron chi connectivity index (χ2n) is 4.12. The van der Waals surface area contributed by atoms with Crippen LogP contribution >= 0.6 is 0 Å². The molecule has 3 aromatic rings. The van der Waals surface area contributed by atoms with Crippen LogP contribution in [0, 0.1) is 0 Å². The van der Waals surface area contributed by atoms with Crippen molar-refractivity contribution in [3.05, 3.63) is 78.9 Å². The molecule has 0 amide bonds. The monoisotopic (exact) mass is 467 g/mol. The zero-order valence-electron chi connectivity index (χ0n) is 10.8. The molecule has 3 heteroatoms. The Morgan fingerprint density at radius 1 is 0.600 bits per heavy atom. The van der Waals surface area contributed by atoms with Gasteiger partial charge in [0.1, 0.15) is 0 Å². The maximum absolute atomic E-state index is 2.24. The van der Waals surface area contributed by atoms with Crippen LogP contribution in [0.3, 0.4) is 0 Å². The van der Waals surface area contributed by atoms with Gasteiger partial charge in [-0.2, -0.15) is 6.07 Å². The van der Waals surface area contributed by atoms with Gasteiger partial charge in [-0.1, -0.05) is 66.2 Å². The summed E-state index contributed by atoms with van der Waals surface area (Å²) >= 11 is 0. The van der Waals surface area contributed by atoms with Gasteiger partial charge in [-0.15, -0.1) is 28.8 Å². The van der Waals surface area contributed by atoms with Gasteiger partial charge in [-0.25, -0.2) is 0 Å². The van der Waals surface area contributed by atoms with E-state index in [1.807, 2.05) is 12.1 Å². The Morgan fingerprint density at radius 2 is 1.10 bits per heavy atom. The van der Waals surface area contributed by atoms with Crippen molar-refractivity contribution in [1.82, 2.24) is 0 Å². The van der Waals surface area contributed by atoms with Crippen LogP contribution in [0.1, 0.15) is 0 Å². The number of rotatable bonds is 2. The molecule has 3 aromatic carbocycles. The van der Waals surface area contributed by atoms with Crippen molar-refractivity contribution in [2.45, 2.75) is 0 Å². The van der Waals surface area contributed by atoms with Crippen LogP contribution in [0.15, 0.2) is 78.9 Å². The van der Waals surface area contributed by atoms with Crippen LogP contribution < -0.4 is 24.8 Å². The average Bonchev–Trinajstić information content (AvgIpc) is 2.90. The maximum Gasteiger partial charge on any atom is 0 e. The standard InChI is InChI=1S/C17H13.2ClH.Hf/c1-3-7-14(8-4-1)16-11-12-17(13-16)15-9-5-2-6-10-15;;;/h1-13H;2*1H;/q-1;;;/p-2. The molecule has 3 rings (SSSR count). The minimum atomic E-state index is 0. The van der Waals surface area contributed by atoms with E-state index in [2.05, 4.69) is 66.7 Å². The summed E-state index contributed by atoms with van der Waals surface area (Å²) in [4.78, 5) is 0. The summed E-state index contributed by atoms with van der Waals surface area (Å²) in [5, 5.41) is 0. The molecule has 0 spiro atoms. The molecule has 0 bridgehead atoms. The number of benzene rings is 2. The summed E-state index contributed by atoms with van der Waals surface area (Å²) in [7, 11) is 0. The molecule has 0 aliphatic carbocycles. The van der Waals surface area contributed by atoms with Crippen LogP contribution in [0.4, 0.5) is 0 Å². The molecule has 20 heavy (non-hydrogen) atoms. The van der Waals surface area contributed by atoms with Crippen molar-refractivity contribution in [2.24, 2.45) is 0 Å². The average molecular weight is 467 g/mol. The minimum absolute atomic E-state index is 0. The Bertz CT molecular complexity index is 549. The predicted molar refractivity (Wildman–Crippen MR) is 72.9 cm³/mol. The molecule has 0 atom stereocenters. The summed E-state index contributed by atoms with van der Waals surface area (Å²) in [5.74, 6) is 0.